The van der Waals surface area contributed by atoms with Crippen LogP contribution in [0.4, 0.5) is 0 Å². The molecule has 0 aliphatic heterocycles. The third-order valence-electron chi connectivity index (χ3n) is 4.31. The molecule has 20 heavy (non-hydrogen) atoms. The van der Waals surface area contributed by atoms with E-state index in [1.165, 1.54) is 0 Å². The lowest BCUT2D eigenvalue weighted by Gasteiger charge is -2.36. The average Bonchev–Trinajstić information content (AvgIpc) is 2.78. The van der Waals surface area contributed by atoms with Gasteiger partial charge < -0.3 is 10.4 Å². The minimum Gasteiger partial charge on any atom is -0.388 e. The van der Waals surface area contributed by atoms with Gasteiger partial charge in [-0.05, 0) is 45.1 Å². The van der Waals surface area contributed by atoms with Gasteiger partial charge in [0.2, 0.25) is 0 Å². The standard InChI is InChI=1S/C15H25N3O2/c1-4-12(5-2)18-11(3)9-13(17-18)14(19)16-10-15(20)7-6-8-15/h9,12,20H,4-8,10H2,1-3H3,(H,16,19). The first-order valence-electron chi connectivity index (χ1n) is 7.56. The van der Waals surface area contributed by atoms with Gasteiger partial charge in [0.15, 0.2) is 0 Å². The van der Waals surface area contributed by atoms with Crippen molar-refractivity contribution >= 4 is 5.91 Å². The molecule has 1 aromatic rings. The quantitative estimate of drug-likeness (QED) is 0.839. The van der Waals surface area contributed by atoms with E-state index in [9.17, 15) is 9.90 Å². The van der Waals surface area contributed by atoms with Crippen molar-refractivity contribution in [2.45, 2.75) is 64.5 Å². The summed E-state index contributed by atoms with van der Waals surface area (Å²) in [6, 6.07) is 2.16. The second-order valence-electron chi connectivity index (χ2n) is 5.85. The second-order valence-corrected chi connectivity index (χ2v) is 5.85. The van der Waals surface area contributed by atoms with E-state index in [2.05, 4.69) is 24.3 Å². The van der Waals surface area contributed by atoms with Crippen LogP contribution in [0.15, 0.2) is 6.07 Å². The van der Waals surface area contributed by atoms with Gasteiger partial charge in [-0.15, -0.1) is 0 Å². The third kappa shape index (κ3) is 3.03. The normalized spacial score (nSPS) is 17.1. The van der Waals surface area contributed by atoms with Crippen molar-refractivity contribution in [1.29, 1.82) is 0 Å². The molecule has 1 heterocycles. The first-order chi connectivity index (χ1) is 9.49. The zero-order chi connectivity index (χ0) is 14.8. The minimum atomic E-state index is -0.692. The van der Waals surface area contributed by atoms with Crippen LogP contribution in [0.2, 0.25) is 0 Å². The van der Waals surface area contributed by atoms with E-state index in [1.807, 2.05) is 17.7 Å². The van der Waals surface area contributed by atoms with Gasteiger partial charge in [0.1, 0.15) is 5.69 Å². The molecule has 1 amide bonds. The average molecular weight is 279 g/mol. The molecule has 1 aliphatic rings. The zero-order valence-electron chi connectivity index (χ0n) is 12.6. The Kier molecular flexibility index (Phi) is 4.48. The Morgan fingerprint density at radius 2 is 2.15 bits per heavy atom. The van der Waals surface area contributed by atoms with Crippen molar-refractivity contribution in [3.63, 3.8) is 0 Å². The molecule has 1 fully saturated rings. The summed E-state index contributed by atoms with van der Waals surface area (Å²) in [4.78, 5) is 12.1. The molecule has 0 unspecified atom stereocenters. The molecule has 1 saturated carbocycles. The number of carbonyl (C=O) groups is 1. The van der Waals surface area contributed by atoms with Gasteiger partial charge in [-0.1, -0.05) is 13.8 Å². The van der Waals surface area contributed by atoms with Gasteiger partial charge in [0, 0.05) is 12.2 Å². The fraction of sp³-hybridized carbons (Fsp3) is 0.733. The van der Waals surface area contributed by atoms with E-state index in [0.717, 1.165) is 37.8 Å². The van der Waals surface area contributed by atoms with E-state index < -0.39 is 5.60 Å². The SMILES string of the molecule is CCC(CC)n1nc(C(=O)NCC2(O)CCC2)cc1C. The summed E-state index contributed by atoms with van der Waals surface area (Å²) in [7, 11) is 0. The van der Waals surface area contributed by atoms with Crippen molar-refractivity contribution in [3.05, 3.63) is 17.5 Å². The maximum absolute atomic E-state index is 12.1. The van der Waals surface area contributed by atoms with Crippen LogP contribution in [-0.2, 0) is 0 Å². The topological polar surface area (TPSA) is 67.2 Å². The zero-order valence-corrected chi connectivity index (χ0v) is 12.6. The molecular weight excluding hydrogens is 254 g/mol. The number of aliphatic hydroxyl groups is 1. The van der Waals surface area contributed by atoms with Crippen LogP contribution in [-0.4, -0.2) is 32.9 Å². The Morgan fingerprint density at radius 1 is 1.50 bits per heavy atom. The Morgan fingerprint density at radius 3 is 2.65 bits per heavy atom. The Balaban J connectivity index is 2.01. The van der Waals surface area contributed by atoms with Crippen LogP contribution in [0.3, 0.4) is 0 Å². The first-order valence-corrected chi connectivity index (χ1v) is 7.56. The lowest BCUT2D eigenvalue weighted by molar-refractivity contribution is -0.0300. The summed E-state index contributed by atoms with van der Waals surface area (Å²) < 4.78 is 1.94. The largest absolute Gasteiger partial charge is 0.388 e. The van der Waals surface area contributed by atoms with Gasteiger partial charge >= 0.3 is 0 Å². The summed E-state index contributed by atoms with van der Waals surface area (Å²) in [5.41, 5.74) is 0.756. The van der Waals surface area contributed by atoms with Gasteiger partial charge in [0.05, 0.1) is 11.6 Å². The van der Waals surface area contributed by atoms with E-state index in [-0.39, 0.29) is 5.91 Å². The van der Waals surface area contributed by atoms with Crippen molar-refractivity contribution in [3.8, 4) is 0 Å². The van der Waals surface area contributed by atoms with Crippen LogP contribution < -0.4 is 5.32 Å². The Labute approximate surface area is 120 Å². The number of rotatable bonds is 6. The van der Waals surface area contributed by atoms with Crippen LogP contribution in [0.1, 0.15) is 68.2 Å². The predicted molar refractivity (Wildman–Crippen MR) is 77.7 cm³/mol. The number of hydrogen-bond acceptors (Lipinski definition) is 3. The molecular formula is C15H25N3O2. The summed E-state index contributed by atoms with van der Waals surface area (Å²) in [6.45, 7) is 6.55. The maximum Gasteiger partial charge on any atom is 0.271 e. The summed E-state index contributed by atoms with van der Waals surface area (Å²) in [5, 5.41) is 17.2. The third-order valence-corrected chi connectivity index (χ3v) is 4.31. The van der Waals surface area contributed by atoms with Gasteiger partial charge in [0.25, 0.3) is 5.91 Å². The molecule has 0 atom stereocenters. The van der Waals surface area contributed by atoms with Crippen molar-refractivity contribution in [2.75, 3.05) is 6.54 Å². The Bertz CT molecular complexity index is 473. The molecule has 0 aromatic carbocycles. The van der Waals surface area contributed by atoms with Crippen molar-refractivity contribution in [1.82, 2.24) is 15.1 Å². The number of aryl methyl sites for hydroxylation is 1. The molecule has 0 saturated heterocycles. The molecule has 0 bridgehead atoms. The molecule has 2 rings (SSSR count). The fourth-order valence-electron chi connectivity index (χ4n) is 2.70. The summed E-state index contributed by atoms with van der Waals surface area (Å²) in [5.74, 6) is -0.196. The summed E-state index contributed by atoms with van der Waals surface area (Å²) >= 11 is 0. The number of nitrogens with one attached hydrogen (secondary N) is 1. The van der Waals surface area contributed by atoms with Crippen molar-refractivity contribution in [2.24, 2.45) is 0 Å². The van der Waals surface area contributed by atoms with E-state index >= 15 is 0 Å². The minimum absolute atomic E-state index is 0.196. The van der Waals surface area contributed by atoms with Crippen molar-refractivity contribution < 1.29 is 9.90 Å². The number of aromatic nitrogens is 2. The van der Waals surface area contributed by atoms with Crippen LogP contribution >= 0.6 is 0 Å². The van der Waals surface area contributed by atoms with E-state index in [0.29, 0.717) is 18.3 Å². The van der Waals surface area contributed by atoms with Gasteiger partial charge in [-0.25, -0.2) is 0 Å². The molecule has 112 valence electrons. The van der Waals surface area contributed by atoms with Crippen LogP contribution in [0, 0.1) is 6.92 Å². The highest BCUT2D eigenvalue weighted by molar-refractivity contribution is 5.92. The van der Waals surface area contributed by atoms with Gasteiger partial charge in [-0.3, -0.25) is 9.48 Å². The molecule has 1 aliphatic carbocycles. The highest BCUT2D eigenvalue weighted by Crippen LogP contribution is 2.30. The lowest BCUT2D eigenvalue weighted by atomic mass is 9.80. The molecule has 5 heteroatoms. The number of nitrogens with zero attached hydrogens (tertiary/aromatic N) is 2. The molecule has 2 N–H and O–H groups in total. The van der Waals surface area contributed by atoms with Crippen LogP contribution in [0.25, 0.3) is 0 Å². The molecule has 0 spiro atoms. The van der Waals surface area contributed by atoms with E-state index in [4.69, 9.17) is 0 Å². The maximum atomic E-state index is 12.1. The monoisotopic (exact) mass is 279 g/mol. The lowest BCUT2D eigenvalue weighted by Crippen LogP contribution is -2.47. The number of carbonyl (C=O) groups excluding carboxylic acids is 1. The number of amides is 1. The van der Waals surface area contributed by atoms with E-state index in [1.54, 1.807) is 0 Å². The number of hydrogen-bond donors (Lipinski definition) is 2. The molecule has 0 radical (unpaired) electrons. The molecule has 5 nitrogen and oxygen atoms in total. The summed E-state index contributed by atoms with van der Waals surface area (Å²) in [6.07, 6.45) is 4.58. The predicted octanol–water partition coefficient (Wildman–Crippen LogP) is 2.20. The smallest absolute Gasteiger partial charge is 0.271 e. The molecule has 1 aromatic heterocycles. The van der Waals surface area contributed by atoms with Crippen LogP contribution in [0.5, 0.6) is 0 Å². The fourth-order valence-corrected chi connectivity index (χ4v) is 2.70. The Hall–Kier alpha value is -1.36. The van der Waals surface area contributed by atoms with Gasteiger partial charge in [-0.2, -0.15) is 5.10 Å². The second kappa shape index (κ2) is 5.95. The highest BCUT2D eigenvalue weighted by Gasteiger charge is 2.34. The first kappa shape index (κ1) is 15.0. The highest BCUT2D eigenvalue weighted by atomic mass is 16.3.